The number of hydrogen-bond donors (Lipinski definition) is 0. The summed E-state index contributed by atoms with van der Waals surface area (Å²) < 4.78 is 0. The molecule has 0 spiro atoms. The van der Waals surface area contributed by atoms with Gasteiger partial charge in [0, 0.05) is 29.7 Å². The lowest BCUT2D eigenvalue weighted by Gasteiger charge is -2.17. The minimum atomic E-state index is -0.571. The van der Waals surface area contributed by atoms with Gasteiger partial charge in [0.1, 0.15) is 11.9 Å². The fraction of sp³-hybridized carbons (Fsp3) is 0.143. The number of nitro groups is 1. The summed E-state index contributed by atoms with van der Waals surface area (Å²) in [4.78, 5) is 27.5. The van der Waals surface area contributed by atoms with Crippen LogP contribution in [0.3, 0.4) is 0 Å². The average Bonchev–Trinajstić information content (AvgIpc) is 2.49. The number of nitrogens with zero attached hydrogens (tertiary/aromatic N) is 3. The Morgan fingerprint density at radius 3 is 2.59 bits per heavy atom. The number of hydrogen-bond acceptors (Lipinski definition) is 4. The second kappa shape index (κ2) is 6.72. The van der Waals surface area contributed by atoms with Crippen molar-refractivity contribution in [3.05, 3.63) is 67.9 Å². The molecule has 114 valence electrons. The summed E-state index contributed by atoms with van der Waals surface area (Å²) in [6.07, 6.45) is 1.05. The minimum Gasteiger partial charge on any atom is -0.336 e. The van der Waals surface area contributed by atoms with Gasteiger partial charge in [-0.15, -0.1) is 0 Å². The van der Waals surface area contributed by atoms with Gasteiger partial charge >= 0.3 is 0 Å². The zero-order chi connectivity index (χ0) is 16.3. The van der Waals surface area contributed by atoms with Crippen LogP contribution in [0.5, 0.6) is 0 Å². The highest BCUT2D eigenvalue weighted by atomic mass is 35.5. The Labute approximate surface area is 136 Å². The molecule has 8 heteroatoms. The molecule has 0 aliphatic carbocycles. The normalized spacial score (nSPS) is 10.3. The van der Waals surface area contributed by atoms with Gasteiger partial charge in [-0.3, -0.25) is 14.9 Å². The number of halogens is 2. The maximum absolute atomic E-state index is 12.2. The molecule has 1 amide bonds. The van der Waals surface area contributed by atoms with Crippen molar-refractivity contribution >= 4 is 34.8 Å². The monoisotopic (exact) mass is 339 g/mol. The maximum Gasteiger partial charge on any atom is 0.287 e. The molecule has 0 radical (unpaired) electrons. The van der Waals surface area contributed by atoms with E-state index in [1.165, 1.54) is 17.0 Å². The Bertz CT molecular complexity index is 720. The van der Waals surface area contributed by atoms with Crippen LogP contribution in [0.1, 0.15) is 16.1 Å². The zero-order valence-corrected chi connectivity index (χ0v) is 13.0. The number of amides is 1. The number of carbonyl (C=O) groups is 1. The molecule has 0 bridgehead atoms. The molecule has 0 N–H and O–H groups in total. The number of carbonyl (C=O) groups excluding carboxylic acids is 1. The lowest BCUT2D eigenvalue weighted by Crippen LogP contribution is -2.27. The van der Waals surface area contributed by atoms with Gasteiger partial charge in [-0.05, 0) is 23.8 Å². The third-order valence-corrected chi connectivity index (χ3v) is 3.53. The molecule has 1 aromatic carbocycles. The third kappa shape index (κ3) is 3.72. The van der Waals surface area contributed by atoms with E-state index in [1.54, 1.807) is 25.2 Å². The Morgan fingerprint density at radius 2 is 2.05 bits per heavy atom. The summed E-state index contributed by atoms with van der Waals surface area (Å²) >= 11 is 11.9. The molecular weight excluding hydrogens is 329 g/mol. The van der Waals surface area contributed by atoms with Crippen molar-refractivity contribution < 1.29 is 9.72 Å². The van der Waals surface area contributed by atoms with Crippen molar-refractivity contribution in [3.63, 3.8) is 0 Å². The van der Waals surface area contributed by atoms with Crippen molar-refractivity contribution in [2.45, 2.75) is 6.54 Å². The summed E-state index contributed by atoms with van der Waals surface area (Å²) in [6.45, 7) is 0.271. The molecule has 0 aliphatic rings. The summed E-state index contributed by atoms with van der Waals surface area (Å²) in [7, 11) is 1.59. The molecule has 1 heterocycles. The van der Waals surface area contributed by atoms with E-state index in [-0.39, 0.29) is 23.8 Å². The number of rotatable bonds is 4. The molecule has 6 nitrogen and oxygen atoms in total. The van der Waals surface area contributed by atoms with E-state index in [2.05, 4.69) is 4.98 Å². The average molecular weight is 340 g/mol. The van der Waals surface area contributed by atoms with Crippen LogP contribution in [0, 0.1) is 10.1 Å². The van der Waals surface area contributed by atoms with Crippen LogP contribution in [0.15, 0.2) is 36.5 Å². The Kier molecular flexibility index (Phi) is 4.95. The van der Waals surface area contributed by atoms with Crippen LogP contribution < -0.4 is 0 Å². The molecule has 0 fully saturated rings. The van der Waals surface area contributed by atoms with Crippen molar-refractivity contribution in [1.29, 1.82) is 0 Å². The molecule has 22 heavy (non-hydrogen) atoms. The molecule has 0 unspecified atom stereocenters. The van der Waals surface area contributed by atoms with Crippen LogP contribution in [0.2, 0.25) is 10.0 Å². The molecule has 0 atom stereocenters. The van der Waals surface area contributed by atoms with Crippen molar-refractivity contribution in [2.24, 2.45) is 0 Å². The molecule has 2 aromatic rings. The minimum absolute atomic E-state index is 0.123. The first kappa shape index (κ1) is 16.2. The fourth-order valence-corrected chi connectivity index (χ4v) is 2.26. The standard InChI is InChI=1S/C14H11Cl2N3O3/c1-18(8-9-2-3-10(15)6-12(9)16)14(20)13-5-4-11(7-17-13)19(21)22/h2-7H,8H2,1H3. The van der Waals surface area contributed by atoms with Gasteiger partial charge in [0.2, 0.25) is 0 Å². The first-order chi connectivity index (χ1) is 10.4. The first-order valence-electron chi connectivity index (χ1n) is 6.18. The maximum atomic E-state index is 12.2. The summed E-state index contributed by atoms with van der Waals surface area (Å²) in [5.41, 5.74) is 0.696. The Hall–Kier alpha value is -2.18. The van der Waals surface area contributed by atoms with Gasteiger partial charge in [-0.1, -0.05) is 29.3 Å². The molecule has 0 saturated heterocycles. The highest BCUT2D eigenvalue weighted by Gasteiger charge is 2.16. The summed E-state index contributed by atoms with van der Waals surface area (Å²) in [5, 5.41) is 11.5. The summed E-state index contributed by atoms with van der Waals surface area (Å²) in [6, 6.07) is 7.58. The van der Waals surface area contributed by atoms with E-state index in [0.717, 1.165) is 11.8 Å². The van der Waals surface area contributed by atoms with Gasteiger partial charge in [0.25, 0.3) is 11.6 Å². The van der Waals surface area contributed by atoms with Crippen molar-refractivity contribution in [2.75, 3.05) is 7.05 Å². The van der Waals surface area contributed by atoms with Crippen LogP contribution in [-0.2, 0) is 6.54 Å². The van der Waals surface area contributed by atoms with Gasteiger partial charge in [-0.2, -0.15) is 0 Å². The van der Waals surface area contributed by atoms with Crippen molar-refractivity contribution in [3.8, 4) is 0 Å². The molecule has 0 aliphatic heterocycles. The SMILES string of the molecule is CN(Cc1ccc(Cl)cc1Cl)C(=O)c1ccc([N+](=O)[O-])cn1. The smallest absolute Gasteiger partial charge is 0.287 e. The highest BCUT2D eigenvalue weighted by Crippen LogP contribution is 2.22. The second-order valence-electron chi connectivity index (χ2n) is 4.56. The Morgan fingerprint density at radius 1 is 1.32 bits per heavy atom. The van der Waals surface area contributed by atoms with Gasteiger partial charge in [-0.25, -0.2) is 4.98 Å². The highest BCUT2D eigenvalue weighted by molar-refractivity contribution is 6.35. The van der Waals surface area contributed by atoms with E-state index in [4.69, 9.17) is 23.2 Å². The third-order valence-electron chi connectivity index (χ3n) is 2.95. The number of pyridine rings is 1. The Balaban J connectivity index is 2.13. The largest absolute Gasteiger partial charge is 0.336 e. The molecule has 0 saturated carbocycles. The van der Waals surface area contributed by atoms with Crippen LogP contribution in [0.25, 0.3) is 0 Å². The van der Waals surface area contributed by atoms with Crippen molar-refractivity contribution in [1.82, 2.24) is 9.88 Å². The summed E-state index contributed by atoms with van der Waals surface area (Å²) in [5.74, 6) is -0.360. The van der Waals surface area contributed by atoms with E-state index < -0.39 is 4.92 Å². The lowest BCUT2D eigenvalue weighted by molar-refractivity contribution is -0.385. The quantitative estimate of drug-likeness (QED) is 0.630. The zero-order valence-electron chi connectivity index (χ0n) is 11.5. The van der Waals surface area contributed by atoms with Crippen LogP contribution >= 0.6 is 23.2 Å². The topological polar surface area (TPSA) is 76.3 Å². The number of benzene rings is 1. The van der Waals surface area contributed by atoms with E-state index >= 15 is 0 Å². The molecule has 2 rings (SSSR count). The van der Waals surface area contributed by atoms with Crippen LogP contribution in [0.4, 0.5) is 5.69 Å². The molecule has 1 aromatic heterocycles. The predicted molar refractivity (Wildman–Crippen MR) is 83.2 cm³/mol. The first-order valence-corrected chi connectivity index (χ1v) is 6.94. The van der Waals surface area contributed by atoms with Gasteiger partial charge in [0.15, 0.2) is 0 Å². The van der Waals surface area contributed by atoms with E-state index in [9.17, 15) is 14.9 Å². The van der Waals surface area contributed by atoms with E-state index in [0.29, 0.717) is 10.0 Å². The lowest BCUT2D eigenvalue weighted by atomic mass is 10.2. The molecular formula is C14H11Cl2N3O3. The predicted octanol–water partition coefficient (Wildman–Crippen LogP) is 3.57. The second-order valence-corrected chi connectivity index (χ2v) is 5.40. The fourth-order valence-electron chi connectivity index (χ4n) is 1.79. The number of aromatic nitrogens is 1. The van der Waals surface area contributed by atoms with E-state index in [1.807, 2.05) is 0 Å². The van der Waals surface area contributed by atoms with Crippen LogP contribution in [-0.4, -0.2) is 27.8 Å². The van der Waals surface area contributed by atoms with Gasteiger partial charge in [0.05, 0.1) is 4.92 Å². The van der Waals surface area contributed by atoms with Gasteiger partial charge < -0.3 is 4.90 Å².